The van der Waals surface area contributed by atoms with Crippen LogP contribution in [0, 0.1) is 24.7 Å². The van der Waals surface area contributed by atoms with E-state index in [4.69, 9.17) is 4.74 Å². The number of benzene rings is 1. The van der Waals surface area contributed by atoms with Crippen LogP contribution in [0.5, 0.6) is 0 Å². The summed E-state index contributed by atoms with van der Waals surface area (Å²) in [5.41, 5.74) is 3.85. The van der Waals surface area contributed by atoms with Crippen molar-refractivity contribution in [1.29, 1.82) is 0 Å². The normalized spacial score (nSPS) is 22.0. The number of hydrogen-bond donors (Lipinski definition) is 1. The Morgan fingerprint density at radius 2 is 1.75 bits per heavy atom. The number of ether oxygens (including phenoxy) is 1. The molecule has 5 rings (SSSR count). The Morgan fingerprint density at radius 3 is 2.47 bits per heavy atom. The first-order valence-corrected chi connectivity index (χ1v) is 11.2. The number of aromatic nitrogens is 1. The van der Waals surface area contributed by atoms with E-state index in [-0.39, 0.29) is 36.4 Å². The molecule has 166 valence electrons. The van der Waals surface area contributed by atoms with Crippen molar-refractivity contribution in [3.63, 3.8) is 0 Å². The number of hydrogen-bond acceptors (Lipinski definition) is 3. The number of amides is 2. The van der Waals surface area contributed by atoms with Gasteiger partial charge in [-0.05, 0) is 56.4 Å². The molecule has 1 saturated heterocycles. The molecule has 1 saturated carbocycles. The first kappa shape index (κ1) is 20.6. The number of aryl methyl sites for hydroxylation is 1. The smallest absolute Gasteiger partial charge is 0.410 e. The van der Waals surface area contributed by atoms with E-state index in [1.807, 2.05) is 48.7 Å². The third-order valence-electron chi connectivity index (χ3n) is 6.94. The van der Waals surface area contributed by atoms with Crippen molar-refractivity contribution in [3.8, 4) is 0 Å². The molecular formula is C26H29N3O3. The van der Waals surface area contributed by atoms with Gasteiger partial charge in [-0.3, -0.25) is 4.79 Å². The molecule has 2 fully saturated rings. The molecule has 6 heteroatoms. The molecule has 32 heavy (non-hydrogen) atoms. The fourth-order valence-corrected chi connectivity index (χ4v) is 5.16. The second kappa shape index (κ2) is 7.69. The van der Waals surface area contributed by atoms with Crippen molar-refractivity contribution in [1.82, 2.24) is 14.6 Å². The summed E-state index contributed by atoms with van der Waals surface area (Å²) in [6, 6.07) is 17.9. The van der Waals surface area contributed by atoms with E-state index < -0.39 is 5.54 Å². The van der Waals surface area contributed by atoms with Gasteiger partial charge >= 0.3 is 6.09 Å². The number of piperidine rings is 1. The molecule has 2 amide bonds. The van der Waals surface area contributed by atoms with E-state index in [0.29, 0.717) is 13.1 Å². The lowest BCUT2D eigenvalue weighted by atomic mass is 9.94. The number of fused-ring (bicyclic) bond motifs is 2. The van der Waals surface area contributed by atoms with Crippen LogP contribution in [-0.2, 0) is 21.7 Å². The number of rotatable bonds is 5. The van der Waals surface area contributed by atoms with E-state index in [1.165, 1.54) is 0 Å². The van der Waals surface area contributed by atoms with Crippen molar-refractivity contribution >= 4 is 17.5 Å². The van der Waals surface area contributed by atoms with Gasteiger partial charge in [0.1, 0.15) is 6.61 Å². The van der Waals surface area contributed by atoms with E-state index in [1.54, 1.807) is 4.90 Å². The van der Waals surface area contributed by atoms with Crippen LogP contribution in [0.15, 0.2) is 60.8 Å². The van der Waals surface area contributed by atoms with E-state index >= 15 is 0 Å². The van der Waals surface area contributed by atoms with Crippen LogP contribution < -0.4 is 5.32 Å². The molecule has 0 bridgehead atoms. The molecular weight excluding hydrogens is 402 g/mol. The highest BCUT2D eigenvalue weighted by molar-refractivity contribution is 5.84. The lowest BCUT2D eigenvalue weighted by molar-refractivity contribution is -0.125. The Labute approximate surface area is 188 Å². The van der Waals surface area contributed by atoms with Crippen molar-refractivity contribution < 1.29 is 14.3 Å². The minimum atomic E-state index is -0.483. The Kier molecular flexibility index (Phi) is 4.96. The monoisotopic (exact) mass is 431 g/mol. The highest BCUT2D eigenvalue weighted by Gasteiger charge is 2.60. The first-order chi connectivity index (χ1) is 15.3. The highest BCUT2D eigenvalue weighted by Crippen LogP contribution is 2.52. The molecule has 2 aliphatic rings. The van der Waals surface area contributed by atoms with Gasteiger partial charge in [-0.15, -0.1) is 0 Å². The summed E-state index contributed by atoms with van der Waals surface area (Å²) in [7, 11) is 0. The Morgan fingerprint density at radius 1 is 1.06 bits per heavy atom. The van der Waals surface area contributed by atoms with E-state index in [9.17, 15) is 9.59 Å². The first-order valence-electron chi connectivity index (χ1n) is 11.2. The summed E-state index contributed by atoms with van der Waals surface area (Å²) >= 11 is 0. The van der Waals surface area contributed by atoms with Crippen LogP contribution in [-0.4, -0.2) is 34.4 Å². The predicted molar refractivity (Wildman–Crippen MR) is 122 cm³/mol. The zero-order chi connectivity index (χ0) is 22.5. The summed E-state index contributed by atoms with van der Waals surface area (Å²) < 4.78 is 7.59. The molecule has 0 unspecified atom stereocenters. The lowest BCUT2D eigenvalue weighted by Gasteiger charge is -2.27. The zero-order valence-electron chi connectivity index (χ0n) is 18.7. The molecule has 0 spiro atoms. The van der Waals surface area contributed by atoms with Crippen molar-refractivity contribution in [2.24, 2.45) is 17.8 Å². The zero-order valence-corrected chi connectivity index (χ0v) is 18.7. The molecule has 3 atom stereocenters. The molecule has 3 heterocycles. The average molecular weight is 432 g/mol. The third-order valence-corrected chi connectivity index (χ3v) is 6.94. The minimum absolute atomic E-state index is 0.0255. The van der Waals surface area contributed by atoms with Crippen LogP contribution in [0.3, 0.4) is 0 Å². The fourth-order valence-electron chi connectivity index (χ4n) is 5.16. The quantitative estimate of drug-likeness (QED) is 0.661. The maximum absolute atomic E-state index is 13.1. The second-order valence-corrected chi connectivity index (χ2v) is 9.57. The topological polar surface area (TPSA) is 63.0 Å². The third kappa shape index (κ3) is 3.64. The van der Waals surface area contributed by atoms with Gasteiger partial charge in [-0.25, -0.2) is 4.79 Å². The van der Waals surface area contributed by atoms with Gasteiger partial charge in [0.15, 0.2) is 0 Å². The maximum Gasteiger partial charge on any atom is 0.410 e. The summed E-state index contributed by atoms with van der Waals surface area (Å²) in [5, 5.41) is 3.27. The number of likely N-dealkylation sites (tertiary alicyclic amines) is 1. The van der Waals surface area contributed by atoms with E-state index in [0.717, 1.165) is 22.3 Å². The van der Waals surface area contributed by atoms with Crippen molar-refractivity contribution in [2.75, 3.05) is 13.1 Å². The molecule has 1 aliphatic heterocycles. The van der Waals surface area contributed by atoms with Gasteiger partial charge < -0.3 is 19.4 Å². The number of nitrogens with zero attached hydrogens (tertiary/aromatic N) is 2. The Balaban J connectivity index is 1.18. The van der Waals surface area contributed by atoms with Gasteiger partial charge in [0, 0.05) is 36.5 Å². The summed E-state index contributed by atoms with van der Waals surface area (Å²) in [6.07, 6.45) is 1.75. The van der Waals surface area contributed by atoms with Crippen molar-refractivity contribution in [3.05, 3.63) is 77.6 Å². The highest BCUT2D eigenvalue weighted by atomic mass is 16.6. The average Bonchev–Trinajstić information content (AvgIpc) is 3.11. The second-order valence-electron chi connectivity index (χ2n) is 9.57. The van der Waals surface area contributed by atoms with E-state index in [2.05, 4.69) is 42.6 Å². The SMILES string of the molecule is Cc1cc(C(C)(C)NC(=O)[C@H]2[C@@H]3CN(C(=O)OCc4ccccc4)C[C@@H]32)c2ccccn12. The van der Waals surface area contributed by atoms with Crippen LogP contribution in [0.25, 0.3) is 5.52 Å². The predicted octanol–water partition coefficient (Wildman–Crippen LogP) is 4.11. The van der Waals surface area contributed by atoms with Gasteiger partial charge in [0.2, 0.25) is 5.91 Å². The Bertz CT molecular complexity index is 1160. The van der Waals surface area contributed by atoms with Gasteiger partial charge in [0.05, 0.1) is 11.1 Å². The van der Waals surface area contributed by atoms with Gasteiger partial charge in [-0.1, -0.05) is 36.4 Å². The molecule has 1 aliphatic carbocycles. The largest absolute Gasteiger partial charge is 0.445 e. The summed E-state index contributed by atoms with van der Waals surface area (Å²) in [4.78, 5) is 27.2. The summed E-state index contributed by atoms with van der Waals surface area (Å²) in [5.74, 6) is 0.503. The standard InChI is InChI=1S/C26H29N3O3/c1-17-13-21(22-11-7-8-12-29(17)22)26(2,3)27-24(30)23-19-14-28(15-20(19)23)25(31)32-16-18-9-5-4-6-10-18/h4-13,19-20,23H,14-16H2,1-3H3,(H,27,30)/t19-,20+,23+. The minimum Gasteiger partial charge on any atom is -0.445 e. The molecule has 0 radical (unpaired) electrons. The van der Waals surface area contributed by atoms with Crippen LogP contribution in [0.2, 0.25) is 0 Å². The van der Waals surface area contributed by atoms with Gasteiger partial charge in [-0.2, -0.15) is 0 Å². The van der Waals surface area contributed by atoms with Crippen LogP contribution in [0.1, 0.15) is 30.7 Å². The number of pyridine rings is 1. The molecule has 3 aromatic rings. The number of carbonyl (C=O) groups is 2. The van der Waals surface area contributed by atoms with Gasteiger partial charge in [0.25, 0.3) is 0 Å². The molecule has 2 aromatic heterocycles. The van der Waals surface area contributed by atoms with Crippen molar-refractivity contribution in [2.45, 2.75) is 32.9 Å². The van der Waals surface area contributed by atoms with Crippen LogP contribution >= 0.6 is 0 Å². The Hall–Kier alpha value is -3.28. The number of nitrogens with one attached hydrogen (secondary N) is 1. The fraction of sp³-hybridized carbons (Fsp3) is 0.385. The molecule has 1 aromatic carbocycles. The van der Waals surface area contributed by atoms with Crippen LogP contribution in [0.4, 0.5) is 4.79 Å². The summed E-state index contributed by atoms with van der Waals surface area (Å²) in [6.45, 7) is 7.63. The maximum atomic E-state index is 13.1. The number of carbonyl (C=O) groups excluding carboxylic acids is 2. The molecule has 6 nitrogen and oxygen atoms in total. The molecule has 1 N–H and O–H groups in total. The lowest BCUT2D eigenvalue weighted by Crippen LogP contribution is -2.43.